The highest BCUT2D eigenvalue weighted by Gasteiger charge is 2.11. The zero-order chi connectivity index (χ0) is 15.4. The fourth-order valence-electron chi connectivity index (χ4n) is 2.53. The Hall–Kier alpha value is -2.28. The van der Waals surface area contributed by atoms with Crippen LogP contribution in [-0.2, 0) is 0 Å². The van der Waals surface area contributed by atoms with Crippen LogP contribution in [0.5, 0.6) is 0 Å². The topological polar surface area (TPSA) is 12.0 Å². The Labute approximate surface area is 128 Å². The molecule has 0 bridgehead atoms. The second-order valence-electron chi connectivity index (χ2n) is 5.70. The highest BCUT2D eigenvalue weighted by molar-refractivity contribution is 5.88. The number of rotatable bonds is 4. The third-order valence-electron chi connectivity index (χ3n) is 3.35. The van der Waals surface area contributed by atoms with Gasteiger partial charge in [0.05, 0.1) is 0 Å². The van der Waals surface area contributed by atoms with Gasteiger partial charge in [0.15, 0.2) is 0 Å². The van der Waals surface area contributed by atoms with E-state index in [9.17, 15) is 0 Å². The molecule has 2 aromatic carbocycles. The minimum atomic E-state index is 0.947. The third kappa shape index (κ3) is 3.63. The number of hydrogen-bond acceptors (Lipinski definition) is 1. The van der Waals surface area contributed by atoms with Crippen LogP contribution in [0, 0.1) is 6.92 Å². The lowest BCUT2D eigenvalue weighted by Gasteiger charge is -2.17. The summed E-state index contributed by atoms with van der Waals surface area (Å²) in [6.45, 7) is 12.4. The largest absolute Gasteiger partial charge is 0.359 e. The lowest BCUT2D eigenvalue weighted by Crippen LogP contribution is -2.01. The molecule has 0 spiro atoms. The van der Waals surface area contributed by atoms with Gasteiger partial charge < -0.3 is 5.32 Å². The van der Waals surface area contributed by atoms with Crippen LogP contribution in [0.15, 0.2) is 66.4 Å². The fourth-order valence-corrected chi connectivity index (χ4v) is 2.53. The lowest BCUT2D eigenvalue weighted by molar-refractivity contribution is 1.33. The molecule has 21 heavy (non-hydrogen) atoms. The summed E-state index contributed by atoms with van der Waals surface area (Å²) in [6, 6.07) is 17.1. The molecule has 0 saturated carbocycles. The normalized spacial score (nSPS) is 10.1. The van der Waals surface area contributed by atoms with E-state index in [1.807, 2.05) is 13.0 Å². The second-order valence-corrected chi connectivity index (χ2v) is 5.70. The smallest absolute Gasteiger partial charge is 0.0464 e. The van der Waals surface area contributed by atoms with E-state index < -0.39 is 0 Å². The van der Waals surface area contributed by atoms with E-state index in [-0.39, 0.29) is 0 Å². The molecular weight excluding hydrogens is 254 g/mol. The zero-order valence-corrected chi connectivity index (χ0v) is 13.3. The van der Waals surface area contributed by atoms with Gasteiger partial charge in [0.2, 0.25) is 0 Å². The maximum absolute atomic E-state index is 3.97. The van der Waals surface area contributed by atoms with E-state index in [4.69, 9.17) is 0 Å². The minimum Gasteiger partial charge on any atom is -0.359 e. The Morgan fingerprint density at radius 1 is 0.952 bits per heavy atom. The molecule has 1 heteroatoms. The summed E-state index contributed by atoms with van der Waals surface area (Å²) in [6.07, 6.45) is 0. The van der Waals surface area contributed by atoms with Gasteiger partial charge in [0.25, 0.3) is 0 Å². The molecule has 0 radical (unpaired) electrons. The lowest BCUT2D eigenvalue weighted by atomic mass is 9.92. The summed E-state index contributed by atoms with van der Waals surface area (Å²) in [5.41, 5.74) is 8.34. The molecule has 0 aromatic heterocycles. The fraction of sp³-hybridized carbons (Fsp3) is 0.200. The zero-order valence-electron chi connectivity index (χ0n) is 13.3. The van der Waals surface area contributed by atoms with E-state index in [2.05, 4.69) is 75.1 Å². The average molecular weight is 277 g/mol. The highest BCUT2D eigenvalue weighted by atomic mass is 14.9. The first-order valence-electron chi connectivity index (χ1n) is 7.25. The van der Waals surface area contributed by atoms with Crippen LogP contribution in [-0.4, -0.2) is 0 Å². The molecule has 0 heterocycles. The van der Waals surface area contributed by atoms with Crippen molar-refractivity contribution in [3.05, 3.63) is 83.1 Å². The van der Waals surface area contributed by atoms with Crippen molar-refractivity contribution >= 4 is 11.3 Å². The first-order valence-corrected chi connectivity index (χ1v) is 7.25. The van der Waals surface area contributed by atoms with Crippen LogP contribution in [0.3, 0.4) is 0 Å². The Balaban J connectivity index is 2.62. The molecule has 2 rings (SSSR count). The Morgan fingerprint density at radius 3 is 2.19 bits per heavy atom. The van der Waals surface area contributed by atoms with E-state index in [0.29, 0.717) is 0 Å². The molecule has 0 aliphatic rings. The van der Waals surface area contributed by atoms with Crippen molar-refractivity contribution in [1.82, 2.24) is 0 Å². The van der Waals surface area contributed by atoms with Gasteiger partial charge in [-0.05, 0) is 50.5 Å². The molecule has 0 fully saturated rings. The molecule has 108 valence electrons. The predicted molar refractivity (Wildman–Crippen MR) is 93.4 cm³/mol. The number of allylic oxidation sites excluding steroid dienone is 2. The molecule has 0 aliphatic heterocycles. The van der Waals surface area contributed by atoms with Crippen molar-refractivity contribution in [2.45, 2.75) is 27.7 Å². The second kappa shape index (κ2) is 6.45. The van der Waals surface area contributed by atoms with Gasteiger partial charge in [-0.1, -0.05) is 54.6 Å². The maximum atomic E-state index is 3.97. The van der Waals surface area contributed by atoms with Crippen LogP contribution in [0.25, 0.3) is 5.57 Å². The summed E-state index contributed by atoms with van der Waals surface area (Å²) in [7, 11) is 0. The quantitative estimate of drug-likeness (QED) is 0.746. The molecule has 0 unspecified atom stereocenters. The monoisotopic (exact) mass is 277 g/mol. The highest BCUT2D eigenvalue weighted by Crippen LogP contribution is 2.33. The Kier molecular flexibility index (Phi) is 4.64. The molecule has 1 nitrogen and oxygen atoms in total. The van der Waals surface area contributed by atoms with Gasteiger partial charge in [0, 0.05) is 16.9 Å². The van der Waals surface area contributed by atoms with Gasteiger partial charge >= 0.3 is 0 Å². The number of hydrogen-bond donors (Lipinski definition) is 1. The van der Waals surface area contributed by atoms with Crippen LogP contribution in [0.1, 0.15) is 37.5 Å². The number of nitrogens with one attached hydrogen (secondary N) is 1. The molecule has 0 atom stereocenters. The number of anilines is 1. The first-order chi connectivity index (χ1) is 9.99. The summed E-state index contributed by atoms with van der Waals surface area (Å²) in [4.78, 5) is 0. The van der Waals surface area contributed by atoms with Crippen molar-refractivity contribution in [3.8, 4) is 0 Å². The van der Waals surface area contributed by atoms with Crippen LogP contribution < -0.4 is 5.32 Å². The minimum absolute atomic E-state index is 0.947. The summed E-state index contributed by atoms with van der Waals surface area (Å²) in [5.74, 6) is 0. The molecule has 2 aromatic rings. The molecule has 1 N–H and O–H groups in total. The molecule has 0 amide bonds. The SMILES string of the molecule is C=C(C)Nc1cc(C)ccc1C(=C(C)C)c1ccccc1. The van der Waals surface area contributed by atoms with Crippen LogP contribution in [0.2, 0.25) is 0 Å². The number of benzene rings is 2. The van der Waals surface area contributed by atoms with Gasteiger partial charge in [0.1, 0.15) is 0 Å². The summed E-state index contributed by atoms with van der Waals surface area (Å²) >= 11 is 0. The van der Waals surface area contributed by atoms with Crippen molar-refractivity contribution in [1.29, 1.82) is 0 Å². The predicted octanol–water partition coefficient (Wildman–Crippen LogP) is 5.78. The van der Waals surface area contributed by atoms with Gasteiger partial charge in [-0.25, -0.2) is 0 Å². The first kappa shape index (κ1) is 15.1. The van der Waals surface area contributed by atoms with Crippen molar-refractivity contribution in [2.24, 2.45) is 0 Å². The van der Waals surface area contributed by atoms with Gasteiger partial charge in [-0.3, -0.25) is 0 Å². The van der Waals surface area contributed by atoms with E-state index in [1.165, 1.54) is 27.8 Å². The average Bonchev–Trinajstić information content (AvgIpc) is 2.42. The Morgan fingerprint density at radius 2 is 1.62 bits per heavy atom. The van der Waals surface area contributed by atoms with E-state index in [1.54, 1.807) is 0 Å². The maximum Gasteiger partial charge on any atom is 0.0464 e. The number of aryl methyl sites for hydroxylation is 1. The van der Waals surface area contributed by atoms with E-state index in [0.717, 1.165) is 11.4 Å². The standard InChI is InChI=1S/C20H23N/c1-14(2)20(17-9-7-6-8-10-17)18-12-11-16(5)13-19(18)21-15(3)4/h6-13,21H,3H2,1-2,4-5H3. The third-order valence-corrected chi connectivity index (χ3v) is 3.35. The molecule has 0 aliphatic carbocycles. The van der Waals surface area contributed by atoms with Gasteiger partial charge in [-0.15, -0.1) is 0 Å². The van der Waals surface area contributed by atoms with Crippen LogP contribution >= 0.6 is 0 Å². The molecular formula is C20H23N. The van der Waals surface area contributed by atoms with Crippen molar-refractivity contribution in [3.63, 3.8) is 0 Å². The summed E-state index contributed by atoms with van der Waals surface area (Å²) < 4.78 is 0. The van der Waals surface area contributed by atoms with Gasteiger partial charge in [-0.2, -0.15) is 0 Å². The molecule has 0 saturated heterocycles. The summed E-state index contributed by atoms with van der Waals surface area (Å²) in [5, 5.41) is 3.39. The van der Waals surface area contributed by atoms with Crippen molar-refractivity contribution in [2.75, 3.05) is 5.32 Å². The Bertz CT molecular complexity index is 674. The van der Waals surface area contributed by atoms with Crippen molar-refractivity contribution < 1.29 is 0 Å². The van der Waals surface area contributed by atoms with Crippen LogP contribution in [0.4, 0.5) is 5.69 Å². The van der Waals surface area contributed by atoms with E-state index >= 15 is 0 Å².